The molecule has 1 unspecified atom stereocenters. The van der Waals surface area contributed by atoms with Gasteiger partial charge in [0.2, 0.25) is 5.91 Å². The molecule has 1 amide bonds. The molecule has 3 N–H and O–H groups in total. The topological polar surface area (TPSA) is 55.1 Å². The molecule has 0 radical (unpaired) electrons. The summed E-state index contributed by atoms with van der Waals surface area (Å²) >= 11 is 0. The summed E-state index contributed by atoms with van der Waals surface area (Å²) in [6.45, 7) is 11.4. The maximum atomic E-state index is 12.3. The molecule has 0 spiro atoms. The molecular weight excluding hydrogens is 224 g/mol. The Hall–Kier alpha value is -0.570. The molecule has 0 saturated carbocycles. The van der Waals surface area contributed by atoms with E-state index in [1.54, 1.807) is 0 Å². The van der Waals surface area contributed by atoms with Crippen LogP contribution in [-0.2, 0) is 4.79 Å². The quantitative estimate of drug-likeness (QED) is 0.701. The van der Waals surface area contributed by atoms with Gasteiger partial charge in [0.1, 0.15) is 0 Å². The Morgan fingerprint density at radius 1 is 1.11 bits per heavy atom. The van der Waals surface area contributed by atoms with Crippen molar-refractivity contribution in [2.24, 2.45) is 17.1 Å². The second kappa shape index (κ2) is 8.52. The minimum absolute atomic E-state index is 0.0675. The van der Waals surface area contributed by atoms with Crippen LogP contribution in [0, 0.1) is 11.3 Å². The smallest absolute Gasteiger partial charge is 0.223 e. The van der Waals surface area contributed by atoms with E-state index in [2.05, 4.69) is 39.9 Å². The van der Waals surface area contributed by atoms with Crippen molar-refractivity contribution >= 4 is 5.91 Å². The van der Waals surface area contributed by atoms with Crippen molar-refractivity contribution in [1.29, 1.82) is 0 Å². The molecule has 1 atom stereocenters. The third-order valence-corrected chi connectivity index (χ3v) is 3.46. The molecule has 0 aromatic carbocycles. The lowest BCUT2D eigenvalue weighted by Gasteiger charge is -2.32. The van der Waals surface area contributed by atoms with Crippen LogP contribution >= 0.6 is 0 Å². The van der Waals surface area contributed by atoms with E-state index in [4.69, 9.17) is 5.73 Å². The number of hydrogen-bond donors (Lipinski definition) is 2. The van der Waals surface area contributed by atoms with Crippen molar-refractivity contribution in [3.8, 4) is 0 Å². The fraction of sp³-hybridized carbons (Fsp3) is 0.933. The highest BCUT2D eigenvalue weighted by molar-refractivity contribution is 5.79. The Labute approximate surface area is 113 Å². The Morgan fingerprint density at radius 3 is 1.94 bits per heavy atom. The largest absolute Gasteiger partial charge is 0.353 e. The molecule has 18 heavy (non-hydrogen) atoms. The van der Waals surface area contributed by atoms with Gasteiger partial charge in [0.25, 0.3) is 0 Å². The average Bonchev–Trinajstić information content (AvgIpc) is 2.26. The summed E-state index contributed by atoms with van der Waals surface area (Å²) in [6.07, 6.45) is 4.95. The zero-order valence-corrected chi connectivity index (χ0v) is 12.9. The maximum absolute atomic E-state index is 12.3. The van der Waals surface area contributed by atoms with Crippen LogP contribution in [0.5, 0.6) is 0 Å². The van der Waals surface area contributed by atoms with Gasteiger partial charge in [0.15, 0.2) is 0 Å². The zero-order chi connectivity index (χ0) is 14.2. The summed E-state index contributed by atoms with van der Waals surface area (Å²) in [7, 11) is 0. The second-order valence-electron chi connectivity index (χ2n) is 6.28. The number of nitrogens with two attached hydrogens (primary N) is 1. The lowest BCUT2D eigenvalue weighted by molar-refractivity contribution is -0.127. The Morgan fingerprint density at radius 2 is 1.61 bits per heavy atom. The third-order valence-electron chi connectivity index (χ3n) is 3.46. The standard InChI is InChI=1S/C15H32N2O/c1-6-8-12(9-7-2)14(18)17-13(10-11-16)15(3,4)5/h12-13H,6-11,16H2,1-5H3,(H,17,18). The highest BCUT2D eigenvalue weighted by Gasteiger charge is 2.27. The van der Waals surface area contributed by atoms with Gasteiger partial charge >= 0.3 is 0 Å². The predicted octanol–water partition coefficient (Wildman–Crippen LogP) is 3.08. The molecule has 0 heterocycles. The first-order chi connectivity index (χ1) is 8.36. The van der Waals surface area contributed by atoms with Crippen LogP contribution in [0.1, 0.15) is 66.7 Å². The summed E-state index contributed by atoms with van der Waals surface area (Å²) in [5, 5.41) is 3.21. The van der Waals surface area contributed by atoms with Crippen LogP contribution in [0.3, 0.4) is 0 Å². The van der Waals surface area contributed by atoms with Gasteiger partial charge in [-0.05, 0) is 31.2 Å². The van der Waals surface area contributed by atoms with E-state index in [9.17, 15) is 4.79 Å². The molecule has 0 aromatic rings. The van der Waals surface area contributed by atoms with Gasteiger partial charge in [-0.25, -0.2) is 0 Å². The molecule has 0 bridgehead atoms. The molecule has 0 aromatic heterocycles. The van der Waals surface area contributed by atoms with E-state index in [-0.39, 0.29) is 23.3 Å². The Balaban J connectivity index is 4.54. The molecule has 0 aliphatic rings. The van der Waals surface area contributed by atoms with Gasteiger partial charge < -0.3 is 11.1 Å². The van der Waals surface area contributed by atoms with Gasteiger partial charge in [-0.15, -0.1) is 0 Å². The number of carbonyl (C=O) groups is 1. The zero-order valence-electron chi connectivity index (χ0n) is 12.9. The summed E-state index contributed by atoms with van der Waals surface area (Å²) < 4.78 is 0. The maximum Gasteiger partial charge on any atom is 0.223 e. The highest BCUT2D eigenvalue weighted by atomic mass is 16.1. The number of carbonyl (C=O) groups excluding carboxylic acids is 1. The number of hydrogen-bond acceptors (Lipinski definition) is 2. The molecular formula is C15H32N2O. The van der Waals surface area contributed by atoms with Crippen LogP contribution < -0.4 is 11.1 Å². The van der Waals surface area contributed by atoms with E-state index in [1.165, 1.54) is 0 Å². The van der Waals surface area contributed by atoms with Crippen molar-refractivity contribution < 1.29 is 4.79 Å². The summed E-state index contributed by atoms with van der Waals surface area (Å²) in [5.41, 5.74) is 5.71. The molecule has 0 rings (SSSR count). The number of nitrogens with one attached hydrogen (secondary N) is 1. The van der Waals surface area contributed by atoms with Gasteiger partial charge in [0, 0.05) is 12.0 Å². The molecule has 0 aliphatic heterocycles. The van der Waals surface area contributed by atoms with Crippen molar-refractivity contribution in [3.05, 3.63) is 0 Å². The minimum atomic E-state index is 0.0675. The van der Waals surface area contributed by atoms with Crippen molar-refractivity contribution in [2.75, 3.05) is 6.54 Å². The van der Waals surface area contributed by atoms with Crippen LogP contribution in [0.4, 0.5) is 0 Å². The van der Waals surface area contributed by atoms with Crippen LogP contribution in [0.25, 0.3) is 0 Å². The summed E-state index contributed by atoms with van der Waals surface area (Å²) in [4.78, 5) is 12.3. The fourth-order valence-corrected chi connectivity index (χ4v) is 2.28. The van der Waals surface area contributed by atoms with Crippen molar-refractivity contribution in [3.63, 3.8) is 0 Å². The van der Waals surface area contributed by atoms with Crippen LogP contribution in [0.15, 0.2) is 0 Å². The predicted molar refractivity (Wildman–Crippen MR) is 78.4 cm³/mol. The molecule has 0 fully saturated rings. The van der Waals surface area contributed by atoms with Gasteiger partial charge in [-0.1, -0.05) is 47.5 Å². The molecule has 3 nitrogen and oxygen atoms in total. The van der Waals surface area contributed by atoms with Gasteiger partial charge in [-0.3, -0.25) is 4.79 Å². The third kappa shape index (κ3) is 6.39. The SMILES string of the molecule is CCCC(CCC)C(=O)NC(CCN)C(C)(C)C. The Bertz CT molecular complexity index is 227. The van der Waals surface area contributed by atoms with E-state index in [0.717, 1.165) is 32.1 Å². The van der Waals surface area contributed by atoms with Crippen LogP contribution in [-0.4, -0.2) is 18.5 Å². The average molecular weight is 256 g/mol. The number of amides is 1. The highest BCUT2D eigenvalue weighted by Crippen LogP contribution is 2.23. The molecule has 0 aliphatic carbocycles. The molecule has 108 valence electrons. The summed E-state index contributed by atoms with van der Waals surface area (Å²) in [6, 6.07) is 0.172. The van der Waals surface area contributed by atoms with E-state index in [1.807, 2.05) is 0 Å². The first kappa shape index (κ1) is 17.4. The van der Waals surface area contributed by atoms with E-state index < -0.39 is 0 Å². The lowest BCUT2D eigenvalue weighted by Crippen LogP contribution is -2.47. The molecule has 3 heteroatoms. The van der Waals surface area contributed by atoms with Crippen LogP contribution in [0.2, 0.25) is 0 Å². The lowest BCUT2D eigenvalue weighted by atomic mass is 9.84. The van der Waals surface area contributed by atoms with E-state index >= 15 is 0 Å². The molecule has 0 saturated heterocycles. The van der Waals surface area contributed by atoms with Crippen molar-refractivity contribution in [1.82, 2.24) is 5.32 Å². The normalized spacial score (nSPS) is 13.7. The minimum Gasteiger partial charge on any atom is -0.353 e. The fourth-order valence-electron chi connectivity index (χ4n) is 2.28. The van der Waals surface area contributed by atoms with Gasteiger partial charge in [0.05, 0.1) is 0 Å². The van der Waals surface area contributed by atoms with Crippen molar-refractivity contribution in [2.45, 2.75) is 72.8 Å². The Kier molecular flexibility index (Phi) is 8.25. The monoisotopic (exact) mass is 256 g/mol. The summed E-state index contributed by atoms with van der Waals surface area (Å²) in [5.74, 6) is 0.384. The number of rotatable bonds is 8. The first-order valence-electron chi connectivity index (χ1n) is 7.37. The first-order valence-corrected chi connectivity index (χ1v) is 7.37. The van der Waals surface area contributed by atoms with E-state index in [0.29, 0.717) is 6.54 Å². The van der Waals surface area contributed by atoms with Gasteiger partial charge in [-0.2, -0.15) is 0 Å². The second-order valence-corrected chi connectivity index (χ2v) is 6.28.